The monoisotopic (exact) mass is 209 g/mol. The fourth-order valence-corrected chi connectivity index (χ4v) is 1.10. The summed E-state index contributed by atoms with van der Waals surface area (Å²) >= 11 is 0. The van der Waals surface area contributed by atoms with Crippen molar-refractivity contribution in [2.45, 2.75) is 0 Å². The third-order valence-electron chi connectivity index (χ3n) is 1.90. The van der Waals surface area contributed by atoms with Gasteiger partial charge in [-0.3, -0.25) is 14.7 Å². The molecule has 2 rings (SSSR count). The zero-order valence-corrected chi connectivity index (χ0v) is 7.75. The summed E-state index contributed by atoms with van der Waals surface area (Å²) in [6.07, 6.45) is 0. The lowest BCUT2D eigenvalue weighted by Gasteiger charge is -1.95. The lowest BCUT2D eigenvalue weighted by atomic mass is 10.4. The molecule has 0 aliphatic rings. The van der Waals surface area contributed by atoms with Crippen molar-refractivity contribution in [2.75, 3.05) is 5.73 Å². The standard InChI is InChI=1S/C7H7N5O3/c1-11-6(9-10-7(11)8)4-2-3-5(15-4)12(13)14/h2-3H,1H3,(H2,8,10). The average molecular weight is 209 g/mol. The van der Waals surface area contributed by atoms with Gasteiger partial charge in [-0.25, -0.2) is 0 Å². The lowest BCUT2D eigenvalue weighted by molar-refractivity contribution is -0.401. The van der Waals surface area contributed by atoms with Gasteiger partial charge in [-0.2, -0.15) is 0 Å². The van der Waals surface area contributed by atoms with E-state index in [0.29, 0.717) is 5.82 Å². The summed E-state index contributed by atoms with van der Waals surface area (Å²) in [5.74, 6) is 0.477. The van der Waals surface area contributed by atoms with Crippen molar-refractivity contribution in [3.8, 4) is 11.6 Å². The second-order valence-corrected chi connectivity index (χ2v) is 2.84. The maximum Gasteiger partial charge on any atom is 0.433 e. The minimum absolute atomic E-state index is 0.212. The van der Waals surface area contributed by atoms with E-state index in [1.54, 1.807) is 7.05 Å². The molecule has 0 spiro atoms. The number of aromatic nitrogens is 3. The van der Waals surface area contributed by atoms with Gasteiger partial charge in [0.15, 0.2) is 5.76 Å². The van der Waals surface area contributed by atoms with E-state index in [-0.39, 0.29) is 17.6 Å². The highest BCUT2D eigenvalue weighted by Gasteiger charge is 2.17. The van der Waals surface area contributed by atoms with Crippen LogP contribution < -0.4 is 5.73 Å². The first-order valence-corrected chi connectivity index (χ1v) is 3.99. The largest absolute Gasteiger partial charge is 0.433 e. The second-order valence-electron chi connectivity index (χ2n) is 2.84. The molecule has 0 fully saturated rings. The highest BCUT2D eigenvalue weighted by Crippen LogP contribution is 2.24. The van der Waals surface area contributed by atoms with Crippen LogP contribution in [-0.2, 0) is 7.05 Å². The molecule has 8 heteroatoms. The van der Waals surface area contributed by atoms with E-state index in [2.05, 4.69) is 10.2 Å². The van der Waals surface area contributed by atoms with Gasteiger partial charge in [-0.05, 0) is 6.07 Å². The van der Waals surface area contributed by atoms with Gasteiger partial charge in [-0.1, -0.05) is 0 Å². The molecule has 2 heterocycles. The number of nitrogen functional groups attached to an aromatic ring is 1. The molecule has 0 saturated carbocycles. The quantitative estimate of drug-likeness (QED) is 0.571. The summed E-state index contributed by atoms with van der Waals surface area (Å²) in [5.41, 5.74) is 5.46. The molecule has 0 radical (unpaired) electrons. The van der Waals surface area contributed by atoms with Gasteiger partial charge in [0.1, 0.15) is 4.92 Å². The van der Waals surface area contributed by atoms with Crippen LogP contribution in [0.25, 0.3) is 11.6 Å². The van der Waals surface area contributed by atoms with Crippen molar-refractivity contribution >= 4 is 11.8 Å². The van der Waals surface area contributed by atoms with E-state index >= 15 is 0 Å². The summed E-state index contributed by atoms with van der Waals surface area (Å²) in [5, 5.41) is 17.7. The van der Waals surface area contributed by atoms with Crippen molar-refractivity contribution < 1.29 is 9.34 Å². The van der Waals surface area contributed by atoms with Gasteiger partial charge in [0, 0.05) is 7.05 Å². The van der Waals surface area contributed by atoms with Crippen molar-refractivity contribution in [3.05, 3.63) is 22.2 Å². The number of furan rings is 1. The Balaban J connectivity index is 2.46. The first-order valence-electron chi connectivity index (χ1n) is 3.99. The summed E-state index contributed by atoms with van der Waals surface area (Å²) in [4.78, 5) is 9.76. The van der Waals surface area contributed by atoms with Crippen LogP contribution in [0.1, 0.15) is 0 Å². The SMILES string of the molecule is Cn1c(N)nnc1-c1ccc([N+](=O)[O-])o1. The van der Waals surface area contributed by atoms with E-state index in [1.807, 2.05) is 0 Å². The van der Waals surface area contributed by atoms with Crippen LogP contribution in [0.4, 0.5) is 11.8 Å². The first-order chi connectivity index (χ1) is 7.09. The highest BCUT2D eigenvalue weighted by molar-refractivity contribution is 5.51. The molecule has 0 saturated heterocycles. The zero-order chi connectivity index (χ0) is 11.0. The molecule has 0 unspecified atom stereocenters. The molecule has 2 N–H and O–H groups in total. The van der Waals surface area contributed by atoms with E-state index in [0.717, 1.165) is 0 Å². The lowest BCUT2D eigenvalue weighted by Crippen LogP contribution is -1.98. The number of nitrogens with zero attached hydrogens (tertiary/aromatic N) is 4. The molecule has 15 heavy (non-hydrogen) atoms. The zero-order valence-electron chi connectivity index (χ0n) is 7.75. The smallest absolute Gasteiger partial charge is 0.397 e. The number of rotatable bonds is 2. The van der Waals surface area contributed by atoms with Crippen LogP contribution in [0.5, 0.6) is 0 Å². The topological polar surface area (TPSA) is 113 Å². The fourth-order valence-electron chi connectivity index (χ4n) is 1.10. The van der Waals surface area contributed by atoms with Gasteiger partial charge in [0.2, 0.25) is 11.8 Å². The highest BCUT2D eigenvalue weighted by atomic mass is 16.6. The summed E-state index contributed by atoms with van der Waals surface area (Å²) in [6, 6.07) is 2.70. The van der Waals surface area contributed by atoms with E-state index in [4.69, 9.17) is 10.2 Å². The second kappa shape index (κ2) is 3.08. The Hall–Kier alpha value is -2.38. The molecular formula is C7H7N5O3. The van der Waals surface area contributed by atoms with Crippen molar-refractivity contribution in [2.24, 2.45) is 7.05 Å². The first kappa shape index (κ1) is 9.19. The Labute approximate surface area is 83.5 Å². The fraction of sp³-hybridized carbons (Fsp3) is 0.143. The predicted octanol–water partition coefficient (Wildman–Crippen LogP) is 0.566. The van der Waals surface area contributed by atoms with Gasteiger partial charge in [-0.15, -0.1) is 10.2 Å². The Morgan fingerprint density at radius 2 is 2.27 bits per heavy atom. The molecule has 0 amide bonds. The third-order valence-corrected chi connectivity index (χ3v) is 1.90. The molecule has 0 aliphatic carbocycles. The van der Waals surface area contributed by atoms with Crippen molar-refractivity contribution in [3.63, 3.8) is 0 Å². The number of hydrogen-bond donors (Lipinski definition) is 1. The maximum atomic E-state index is 10.4. The van der Waals surface area contributed by atoms with Crippen LogP contribution in [0.3, 0.4) is 0 Å². The molecule has 0 atom stereocenters. The van der Waals surface area contributed by atoms with Crippen LogP contribution in [0.15, 0.2) is 16.5 Å². The maximum absolute atomic E-state index is 10.4. The van der Waals surface area contributed by atoms with Crippen LogP contribution in [0, 0.1) is 10.1 Å². The number of nitrogens with two attached hydrogens (primary N) is 1. The van der Waals surface area contributed by atoms with Crippen LogP contribution in [-0.4, -0.2) is 19.7 Å². The van der Waals surface area contributed by atoms with E-state index in [1.165, 1.54) is 16.7 Å². The third kappa shape index (κ3) is 1.41. The summed E-state index contributed by atoms with van der Waals surface area (Å²) < 4.78 is 6.42. The number of anilines is 1. The molecule has 78 valence electrons. The van der Waals surface area contributed by atoms with Gasteiger partial charge < -0.3 is 10.2 Å². The van der Waals surface area contributed by atoms with Crippen molar-refractivity contribution in [1.29, 1.82) is 0 Å². The van der Waals surface area contributed by atoms with Gasteiger partial charge in [0.25, 0.3) is 0 Å². The Bertz CT molecular complexity index is 514. The van der Waals surface area contributed by atoms with Crippen molar-refractivity contribution in [1.82, 2.24) is 14.8 Å². The average Bonchev–Trinajstić information content (AvgIpc) is 2.76. The molecule has 0 bridgehead atoms. The Morgan fingerprint density at radius 3 is 2.73 bits per heavy atom. The van der Waals surface area contributed by atoms with Crippen LogP contribution in [0.2, 0.25) is 0 Å². The molecule has 8 nitrogen and oxygen atoms in total. The molecule has 0 aliphatic heterocycles. The molecule has 2 aromatic heterocycles. The number of nitro groups is 1. The summed E-state index contributed by atoms with van der Waals surface area (Å²) in [7, 11) is 1.64. The molecule has 0 aromatic carbocycles. The van der Waals surface area contributed by atoms with Gasteiger partial charge in [0.05, 0.1) is 6.07 Å². The normalized spacial score (nSPS) is 10.5. The minimum atomic E-state index is -0.622. The van der Waals surface area contributed by atoms with E-state index < -0.39 is 4.92 Å². The Kier molecular flexibility index (Phi) is 1.89. The molecule has 2 aromatic rings. The van der Waals surface area contributed by atoms with Crippen LogP contribution >= 0.6 is 0 Å². The van der Waals surface area contributed by atoms with E-state index in [9.17, 15) is 10.1 Å². The van der Waals surface area contributed by atoms with Gasteiger partial charge >= 0.3 is 5.88 Å². The molecular weight excluding hydrogens is 202 g/mol. The number of hydrogen-bond acceptors (Lipinski definition) is 6. The minimum Gasteiger partial charge on any atom is -0.397 e. The summed E-state index contributed by atoms with van der Waals surface area (Å²) in [6.45, 7) is 0. The Morgan fingerprint density at radius 1 is 1.53 bits per heavy atom. The predicted molar refractivity (Wildman–Crippen MR) is 49.8 cm³/mol.